The van der Waals surface area contributed by atoms with Crippen LogP contribution in [0.25, 0.3) is 0 Å². The van der Waals surface area contributed by atoms with E-state index in [4.69, 9.17) is 0 Å². The molecule has 0 fully saturated rings. The van der Waals surface area contributed by atoms with Gasteiger partial charge in [0.1, 0.15) is 5.70 Å². The highest BCUT2D eigenvalue weighted by Crippen LogP contribution is 2.21. The van der Waals surface area contributed by atoms with Crippen LogP contribution in [0.3, 0.4) is 0 Å². The molecule has 1 aliphatic heterocycles. The fourth-order valence-electron chi connectivity index (χ4n) is 2.72. The van der Waals surface area contributed by atoms with Crippen LogP contribution in [0, 0.1) is 6.92 Å². The van der Waals surface area contributed by atoms with Crippen LogP contribution in [0.2, 0.25) is 0 Å². The smallest absolute Gasteiger partial charge is 0.344 e. The monoisotopic (exact) mass is 383 g/mol. The SMILES string of the molecule is Cc1ccc(C2=NS(=O)(=O)N(C)C(C(=O)N[C@@H](C)c3ccccc3)=C2)cc1. The van der Waals surface area contributed by atoms with Crippen LogP contribution in [0.4, 0.5) is 0 Å². The maximum Gasteiger partial charge on any atom is 0.345 e. The topological polar surface area (TPSA) is 78.8 Å². The van der Waals surface area contributed by atoms with E-state index in [0.717, 1.165) is 15.4 Å². The number of aryl methyl sites for hydroxylation is 1. The van der Waals surface area contributed by atoms with Gasteiger partial charge >= 0.3 is 10.2 Å². The maximum absolute atomic E-state index is 12.8. The maximum atomic E-state index is 12.8. The third-order valence-electron chi connectivity index (χ3n) is 4.40. The van der Waals surface area contributed by atoms with Gasteiger partial charge in [-0.3, -0.25) is 4.79 Å². The number of allylic oxidation sites excluding steroid dienone is 1. The van der Waals surface area contributed by atoms with Crippen LogP contribution >= 0.6 is 0 Å². The molecule has 0 unspecified atom stereocenters. The summed E-state index contributed by atoms with van der Waals surface area (Å²) in [7, 11) is -2.65. The Morgan fingerprint density at radius 3 is 2.33 bits per heavy atom. The molecule has 1 aliphatic rings. The zero-order valence-corrected chi connectivity index (χ0v) is 16.2. The molecule has 6 nitrogen and oxygen atoms in total. The highest BCUT2D eigenvalue weighted by atomic mass is 32.2. The lowest BCUT2D eigenvalue weighted by Gasteiger charge is -2.25. The van der Waals surface area contributed by atoms with Gasteiger partial charge in [-0.05, 0) is 25.5 Å². The summed E-state index contributed by atoms with van der Waals surface area (Å²) in [6.07, 6.45) is 1.50. The molecule has 0 saturated heterocycles. The first-order valence-corrected chi connectivity index (χ1v) is 9.91. The molecule has 1 N–H and O–H groups in total. The number of benzene rings is 2. The molecule has 0 aromatic heterocycles. The third kappa shape index (κ3) is 4.09. The molecular weight excluding hydrogens is 362 g/mol. The summed E-state index contributed by atoms with van der Waals surface area (Å²) < 4.78 is 29.6. The summed E-state index contributed by atoms with van der Waals surface area (Å²) in [5, 5.41) is 2.85. The second-order valence-corrected chi connectivity index (χ2v) is 8.05. The van der Waals surface area contributed by atoms with E-state index in [0.29, 0.717) is 5.56 Å². The van der Waals surface area contributed by atoms with E-state index in [2.05, 4.69) is 9.71 Å². The quantitative estimate of drug-likeness (QED) is 0.882. The summed E-state index contributed by atoms with van der Waals surface area (Å²) in [4.78, 5) is 12.8. The van der Waals surface area contributed by atoms with Crippen molar-refractivity contribution in [3.8, 4) is 0 Å². The molecule has 2 aromatic carbocycles. The molecule has 1 amide bonds. The van der Waals surface area contributed by atoms with E-state index in [1.54, 1.807) is 12.1 Å². The van der Waals surface area contributed by atoms with Gasteiger partial charge in [0, 0.05) is 12.6 Å². The number of likely N-dealkylation sites (N-methyl/N-ethyl adjacent to an activating group) is 1. The Morgan fingerprint density at radius 1 is 1.07 bits per heavy atom. The van der Waals surface area contributed by atoms with E-state index in [-0.39, 0.29) is 17.5 Å². The number of nitrogens with zero attached hydrogens (tertiary/aromatic N) is 2. The Hall–Kier alpha value is -2.93. The normalized spacial score (nSPS) is 16.9. The van der Waals surface area contributed by atoms with Crippen molar-refractivity contribution in [2.45, 2.75) is 19.9 Å². The summed E-state index contributed by atoms with van der Waals surface area (Å²) in [5.74, 6) is -0.475. The Bertz CT molecular complexity index is 1010. The second-order valence-electron chi connectivity index (χ2n) is 6.42. The Balaban J connectivity index is 1.91. The fourth-order valence-corrected chi connectivity index (χ4v) is 3.63. The van der Waals surface area contributed by atoms with E-state index in [9.17, 15) is 13.2 Å². The fraction of sp³-hybridized carbons (Fsp3) is 0.200. The van der Waals surface area contributed by atoms with Gasteiger partial charge in [-0.15, -0.1) is 4.40 Å². The molecule has 1 atom stereocenters. The van der Waals surface area contributed by atoms with Crippen LogP contribution in [0.15, 0.2) is 70.8 Å². The first-order chi connectivity index (χ1) is 12.8. The first-order valence-electron chi connectivity index (χ1n) is 8.51. The van der Waals surface area contributed by atoms with Crippen LogP contribution in [0.5, 0.6) is 0 Å². The summed E-state index contributed by atoms with van der Waals surface area (Å²) >= 11 is 0. The Labute approximate surface area is 159 Å². The molecular formula is C20H21N3O3S. The molecule has 3 rings (SSSR count). The highest BCUT2D eigenvalue weighted by Gasteiger charge is 2.30. The lowest BCUT2D eigenvalue weighted by atomic mass is 10.1. The number of rotatable bonds is 4. The largest absolute Gasteiger partial charge is 0.345 e. The molecule has 27 heavy (non-hydrogen) atoms. The Morgan fingerprint density at radius 2 is 1.70 bits per heavy atom. The van der Waals surface area contributed by atoms with Crippen molar-refractivity contribution in [1.29, 1.82) is 0 Å². The van der Waals surface area contributed by atoms with E-state index in [1.807, 2.05) is 56.3 Å². The molecule has 140 valence electrons. The van der Waals surface area contributed by atoms with E-state index in [1.165, 1.54) is 13.1 Å². The van der Waals surface area contributed by atoms with Gasteiger partial charge in [-0.25, -0.2) is 4.31 Å². The van der Waals surface area contributed by atoms with E-state index >= 15 is 0 Å². The zero-order chi connectivity index (χ0) is 19.6. The number of hydrogen-bond acceptors (Lipinski definition) is 3. The number of nitrogens with one attached hydrogen (secondary N) is 1. The van der Waals surface area contributed by atoms with Crippen molar-refractivity contribution in [3.05, 3.63) is 83.1 Å². The molecule has 0 radical (unpaired) electrons. The predicted octanol–water partition coefficient (Wildman–Crippen LogP) is 2.74. The third-order valence-corrected chi connectivity index (χ3v) is 5.72. The van der Waals surface area contributed by atoms with Gasteiger partial charge in [-0.2, -0.15) is 8.42 Å². The van der Waals surface area contributed by atoms with Gasteiger partial charge in [0.05, 0.1) is 11.8 Å². The van der Waals surface area contributed by atoms with Gasteiger partial charge in [-0.1, -0.05) is 60.2 Å². The molecule has 0 spiro atoms. The number of amides is 1. The van der Waals surface area contributed by atoms with Gasteiger partial charge in [0.25, 0.3) is 5.91 Å². The van der Waals surface area contributed by atoms with Crippen molar-refractivity contribution >= 4 is 21.8 Å². The van der Waals surface area contributed by atoms with Crippen LogP contribution in [-0.2, 0) is 15.0 Å². The molecule has 0 saturated carbocycles. The molecule has 7 heteroatoms. The van der Waals surface area contributed by atoms with Gasteiger partial charge < -0.3 is 5.32 Å². The van der Waals surface area contributed by atoms with Crippen LogP contribution in [-0.4, -0.2) is 31.4 Å². The minimum absolute atomic E-state index is 0.0309. The number of hydrogen-bond donors (Lipinski definition) is 1. The average molecular weight is 383 g/mol. The number of carbonyl (C=O) groups is 1. The lowest BCUT2D eigenvalue weighted by Crippen LogP contribution is -2.39. The summed E-state index contributed by atoms with van der Waals surface area (Å²) in [6, 6.07) is 16.5. The standard InChI is InChI=1S/C20H21N3O3S/c1-14-9-11-17(12-10-14)18-13-19(23(3)27(25,26)22-18)20(24)21-15(2)16-7-5-4-6-8-16/h4-13,15H,1-3H3,(H,21,24)/t15-/m0/s1. The minimum atomic E-state index is -3.97. The lowest BCUT2D eigenvalue weighted by molar-refractivity contribution is -0.119. The number of carbonyl (C=O) groups excluding carboxylic acids is 1. The van der Waals surface area contributed by atoms with Crippen molar-refractivity contribution in [1.82, 2.24) is 9.62 Å². The molecule has 0 aliphatic carbocycles. The minimum Gasteiger partial charge on any atom is -0.344 e. The van der Waals surface area contributed by atoms with Crippen molar-refractivity contribution in [3.63, 3.8) is 0 Å². The summed E-state index contributed by atoms with van der Waals surface area (Å²) in [6.45, 7) is 3.79. The van der Waals surface area contributed by atoms with Crippen molar-refractivity contribution in [2.75, 3.05) is 7.05 Å². The highest BCUT2D eigenvalue weighted by molar-refractivity contribution is 7.88. The average Bonchev–Trinajstić information content (AvgIpc) is 2.65. The molecule has 1 heterocycles. The molecule has 0 bridgehead atoms. The van der Waals surface area contributed by atoms with Crippen molar-refractivity contribution in [2.24, 2.45) is 4.40 Å². The van der Waals surface area contributed by atoms with Crippen LogP contribution in [0.1, 0.15) is 29.7 Å². The summed E-state index contributed by atoms with van der Waals surface area (Å²) in [5.41, 5.74) is 2.89. The van der Waals surface area contributed by atoms with E-state index < -0.39 is 16.1 Å². The van der Waals surface area contributed by atoms with Crippen LogP contribution < -0.4 is 5.32 Å². The second kappa shape index (κ2) is 7.36. The Kier molecular flexibility index (Phi) is 5.14. The van der Waals surface area contributed by atoms with Gasteiger partial charge in [0.15, 0.2) is 0 Å². The van der Waals surface area contributed by atoms with Crippen molar-refractivity contribution < 1.29 is 13.2 Å². The molecule has 2 aromatic rings. The zero-order valence-electron chi connectivity index (χ0n) is 15.4. The first kappa shape index (κ1) is 18.8. The predicted molar refractivity (Wildman–Crippen MR) is 105 cm³/mol. The van der Waals surface area contributed by atoms with Gasteiger partial charge in [0.2, 0.25) is 0 Å².